The van der Waals surface area contributed by atoms with Crippen LogP contribution in [0.2, 0.25) is 0 Å². The molecule has 0 saturated carbocycles. The second-order valence-corrected chi connectivity index (χ2v) is 6.45. The van der Waals surface area contributed by atoms with Gasteiger partial charge in [-0.25, -0.2) is 9.78 Å². The highest BCUT2D eigenvalue weighted by Crippen LogP contribution is 2.33. The SMILES string of the molecule is N#Cc1cccc(CC(NC(=O)O)c2ccccc2-c2noc3ccccc23)n1. The van der Waals surface area contributed by atoms with E-state index in [1.54, 1.807) is 18.2 Å². The molecule has 4 aromatic rings. The van der Waals surface area contributed by atoms with Gasteiger partial charge in [0.25, 0.3) is 0 Å². The molecule has 2 N–H and O–H groups in total. The van der Waals surface area contributed by atoms with Crippen LogP contribution in [0.1, 0.15) is 23.0 Å². The number of amides is 1. The van der Waals surface area contributed by atoms with Crippen molar-refractivity contribution in [2.24, 2.45) is 0 Å². The number of hydrogen-bond acceptors (Lipinski definition) is 5. The van der Waals surface area contributed by atoms with Crippen molar-refractivity contribution < 1.29 is 14.4 Å². The molecule has 0 aliphatic heterocycles. The van der Waals surface area contributed by atoms with Crippen LogP contribution in [-0.4, -0.2) is 21.3 Å². The molecule has 0 aliphatic carbocycles. The fourth-order valence-electron chi connectivity index (χ4n) is 3.35. The molecule has 0 saturated heterocycles. The highest BCUT2D eigenvalue weighted by Gasteiger charge is 2.22. The third-order valence-corrected chi connectivity index (χ3v) is 4.60. The van der Waals surface area contributed by atoms with Gasteiger partial charge < -0.3 is 14.9 Å². The first-order valence-electron chi connectivity index (χ1n) is 8.95. The van der Waals surface area contributed by atoms with Crippen molar-refractivity contribution in [3.05, 3.63) is 83.7 Å². The summed E-state index contributed by atoms with van der Waals surface area (Å²) in [6, 6.07) is 21.5. The van der Waals surface area contributed by atoms with E-state index in [1.165, 1.54) is 0 Å². The fraction of sp³-hybridized carbons (Fsp3) is 0.0909. The molecule has 1 unspecified atom stereocenters. The zero-order valence-corrected chi connectivity index (χ0v) is 15.2. The van der Waals surface area contributed by atoms with Gasteiger partial charge in [-0.05, 0) is 29.8 Å². The normalized spacial score (nSPS) is 11.7. The average Bonchev–Trinajstić information content (AvgIpc) is 3.17. The summed E-state index contributed by atoms with van der Waals surface area (Å²) in [6.07, 6.45) is -0.861. The molecule has 0 bridgehead atoms. The number of carbonyl (C=O) groups is 1. The third kappa shape index (κ3) is 3.77. The Kier molecular flexibility index (Phi) is 4.91. The van der Waals surface area contributed by atoms with E-state index in [-0.39, 0.29) is 12.1 Å². The molecule has 2 heterocycles. The first kappa shape index (κ1) is 18.2. The fourth-order valence-corrected chi connectivity index (χ4v) is 3.35. The topological polar surface area (TPSA) is 112 Å². The van der Waals surface area contributed by atoms with Crippen LogP contribution in [0.3, 0.4) is 0 Å². The van der Waals surface area contributed by atoms with Crippen molar-refractivity contribution in [1.82, 2.24) is 15.5 Å². The predicted molar refractivity (Wildman–Crippen MR) is 106 cm³/mol. The number of benzene rings is 2. The number of fused-ring (bicyclic) bond motifs is 1. The summed E-state index contributed by atoms with van der Waals surface area (Å²) in [5.41, 5.74) is 3.72. The Labute approximate surface area is 166 Å². The molecule has 7 nitrogen and oxygen atoms in total. The number of para-hydroxylation sites is 1. The second-order valence-electron chi connectivity index (χ2n) is 6.45. The predicted octanol–water partition coefficient (Wildman–Crippen LogP) is 4.31. The molecule has 1 amide bonds. The van der Waals surface area contributed by atoms with Crippen LogP contribution >= 0.6 is 0 Å². The smallest absolute Gasteiger partial charge is 0.405 e. The van der Waals surface area contributed by atoms with Crippen LogP contribution in [0.5, 0.6) is 0 Å². The molecule has 2 aromatic carbocycles. The van der Waals surface area contributed by atoms with Crippen LogP contribution < -0.4 is 5.32 Å². The van der Waals surface area contributed by atoms with Gasteiger partial charge >= 0.3 is 6.09 Å². The largest absolute Gasteiger partial charge is 0.465 e. The molecule has 7 heteroatoms. The molecule has 29 heavy (non-hydrogen) atoms. The van der Waals surface area contributed by atoms with Crippen molar-refractivity contribution in [3.8, 4) is 17.3 Å². The summed E-state index contributed by atoms with van der Waals surface area (Å²) in [6.45, 7) is 0. The lowest BCUT2D eigenvalue weighted by atomic mass is 9.93. The number of hydrogen-bond donors (Lipinski definition) is 2. The number of nitrogens with zero attached hydrogens (tertiary/aromatic N) is 3. The average molecular weight is 384 g/mol. The number of rotatable bonds is 5. The van der Waals surface area contributed by atoms with Gasteiger partial charge in [0, 0.05) is 23.1 Å². The van der Waals surface area contributed by atoms with E-state index in [4.69, 9.17) is 9.78 Å². The maximum atomic E-state index is 11.5. The summed E-state index contributed by atoms with van der Waals surface area (Å²) in [4.78, 5) is 15.8. The Morgan fingerprint density at radius 2 is 1.90 bits per heavy atom. The minimum atomic E-state index is -1.15. The van der Waals surface area contributed by atoms with E-state index < -0.39 is 12.1 Å². The maximum Gasteiger partial charge on any atom is 0.405 e. The van der Waals surface area contributed by atoms with Gasteiger partial charge in [0.05, 0.1) is 6.04 Å². The molecule has 1 atom stereocenters. The van der Waals surface area contributed by atoms with Crippen LogP contribution in [0.15, 0.2) is 71.3 Å². The first-order chi connectivity index (χ1) is 14.2. The summed E-state index contributed by atoms with van der Waals surface area (Å²) in [7, 11) is 0. The van der Waals surface area contributed by atoms with E-state index in [1.807, 2.05) is 54.6 Å². The number of nitrogens with one attached hydrogen (secondary N) is 1. The van der Waals surface area contributed by atoms with E-state index in [2.05, 4.69) is 15.5 Å². The van der Waals surface area contributed by atoms with Gasteiger partial charge in [-0.1, -0.05) is 47.6 Å². The van der Waals surface area contributed by atoms with E-state index >= 15 is 0 Å². The Morgan fingerprint density at radius 1 is 1.10 bits per heavy atom. The summed E-state index contributed by atoms with van der Waals surface area (Å²) < 4.78 is 5.43. The van der Waals surface area contributed by atoms with Crippen molar-refractivity contribution in [2.75, 3.05) is 0 Å². The molecule has 2 aromatic heterocycles. The number of pyridine rings is 1. The zero-order chi connectivity index (χ0) is 20.2. The lowest BCUT2D eigenvalue weighted by Crippen LogP contribution is -2.29. The Morgan fingerprint density at radius 3 is 2.72 bits per heavy atom. The highest BCUT2D eigenvalue weighted by molar-refractivity contribution is 5.92. The Hall–Kier alpha value is -4.18. The van der Waals surface area contributed by atoms with Crippen molar-refractivity contribution in [3.63, 3.8) is 0 Å². The minimum Gasteiger partial charge on any atom is -0.465 e. The van der Waals surface area contributed by atoms with Crippen LogP contribution in [-0.2, 0) is 6.42 Å². The summed E-state index contributed by atoms with van der Waals surface area (Å²) in [5, 5.41) is 26.1. The molecular formula is C22H16N4O3. The standard InChI is InChI=1S/C22H16N4O3/c23-13-15-7-5-6-14(24-15)12-19(25-22(27)28)16-8-1-2-9-17(16)21-18-10-3-4-11-20(18)29-26-21/h1-11,19,25H,12H2,(H,27,28). The van der Waals surface area contributed by atoms with Gasteiger partial charge in [0.1, 0.15) is 17.5 Å². The van der Waals surface area contributed by atoms with Crippen molar-refractivity contribution >= 4 is 17.1 Å². The molecule has 0 radical (unpaired) electrons. The lowest BCUT2D eigenvalue weighted by Gasteiger charge is -2.20. The van der Waals surface area contributed by atoms with E-state index in [0.717, 1.165) is 16.5 Å². The molecule has 142 valence electrons. The molecule has 0 fully saturated rings. The first-order valence-corrected chi connectivity index (χ1v) is 8.95. The van der Waals surface area contributed by atoms with Crippen LogP contribution in [0.25, 0.3) is 22.2 Å². The van der Waals surface area contributed by atoms with E-state index in [0.29, 0.717) is 17.0 Å². The molecular weight excluding hydrogens is 368 g/mol. The molecule has 4 rings (SSSR count). The van der Waals surface area contributed by atoms with E-state index in [9.17, 15) is 9.90 Å². The maximum absolute atomic E-state index is 11.5. The van der Waals surface area contributed by atoms with Gasteiger partial charge in [0.15, 0.2) is 5.58 Å². The quantitative estimate of drug-likeness (QED) is 0.530. The summed E-state index contributed by atoms with van der Waals surface area (Å²) >= 11 is 0. The Balaban J connectivity index is 1.79. The summed E-state index contributed by atoms with van der Waals surface area (Å²) in [5.74, 6) is 0. The monoisotopic (exact) mass is 384 g/mol. The highest BCUT2D eigenvalue weighted by atomic mass is 16.5. The van der Waals surface area contributed by atoms with Gasteiger partial charge in [-0.15, -0.1) is 0 Å². The van der Waals surface area contributed by atoms with Crippen LogP contribution in [0, 0.1) is 11.3 Å². The lowest BCUT2D eigenvalue weighted by molar-refractivity contribution is 0.190. The molecule has 0 spiro atoms. The second kappa shape index (κ2) is 7.82. The third-order valence-electron chi connectivity index (χ3n) is 4.60. The number of carboxylic acid groups (broad SMARTS) is 1. The number of nitriles is 1. The van der Waals surface area contributed by atoms with Crippen molar-refractivity contribution in [2.45, 2.75) is 12.5 Å². The minimum absolute atomic E-state index is 0.285. The van der Waals surface area contributed by atoms with Gasteiger partial charge in [0.2, 0.25) is 0 Å². The zero-order valence-electron chi connectivity index (χ0n) is 15.2. The molecule has 0 aliphatic rings. The number of aromatic nitrogens is 2. The van der Waals surface area contributed by atoms with Gasteiger partial charge in [-0.3, -0.25) is 0 Å². The van der Waals surface area contributed by atoms with Crippen LogP contribution in [0.4, 0.5) is 4.79 Å². The Bertz CT molecular complexity index is 1230. The van der Waals surface area contributed by atoms with Crippen molar-refractivity contribution in [1.29, 1.82) is 5.26 Å². The van der Waals surface area contributed by atoms with Gasteiger partial charge in [-0.2, -0.15) is 5.26 Å².